The van der Waals surface area contributed by atoms with E-state index < -0.39 is 18.3 Å². The molecule has 1 saturated heterocycles. The van der Waals surface area contributed by atoms with Crippen molar-refractivity contribution in [3.8, 4) is 28.3 Å². The van der Waals surface area contributed by atoms with Crippen molar-refractivity contribution in [1.29, 1.82) is 5.26 Å². The number of rotatable bonds is 3. The Morgan fingerprint density at radius 1 is 0.690 bits per heavy atom. The van der Waals surface area contributed by atoms with Gasteiger partial charge in [0, 0.05) is 5.56 Å². The highest BCUT2D eigenvalue weighted by molar-refractivity contribution is 6.64. The third-order valence-corrected chi connectivity index (χ3v) is 5.99. The molecule has 3 nitrogen and oxygen atoms in total. The minimum Gasteiger partial charge on any atom is -0.399 e. The molecule has 0 unspecified atom stereocenters. The number of benzene rings is 3. The lowest BCUT2D eigenvalue weighted by Crippen LogP contribution is -2.41. The summed E-state index contributed by atoms with van der Waals surface area (Å²) in [5.74, 6) is 0. The summed E-state index contributed by atoms with van der Waals surface area (Å²) < 4.78 is 12.7. The Morgan fingerprint density at radius 2 is 1.17 bits per heavy atom. The van der Waals surface area contributed by atoms with Gasteiger partial charge in [-0.2, -0.15) is 5.26 Å². The summed E-state index contributed by atoms with van der Waals surface area (Å²) in [4.78, 5) is 0. The molecule has 1 aliphatic rings. The van der Waals surface area contributed by atoms with Crippen molar-refractivity contribution in [2.75, 3.05) is 0 Å². The van der Waals surface area contributed by atoms with E-state index in [1.807, 2.05) is 60.7 Å². The third kappa shape index (κ3) is 3.38. The first-order valence-electron chi connectivity index (χ1n) is 9.87. The second-order valence-corrected chi connectivity index (χ2v) is 8.38. The van der Waals surface area contributed by atoms with Crippen molar-refractivity contribution in [2.45, 2.75) is 38.9 Å². The van der Waals surface area contributed by atoms with Crippen LogP contribution in [-0.2, 0) is 9.31 Å². The van der Waals surface area contributed by atoms with Crippen molar-refractivity contribution in [3.05, 3.63) is 78.4 Å². The van der Waals surface area contributed by atoms with E-state index in [2.05, 4.69) is 45.9 Å². The molecule has 0 bridgehead atoms. The molecule has 1 heterocycles. The van der Waals surface area contributed by atoms with Crippen LogP contribution < -0.4 is 5.46 Å². The van der Waals surface area contributed by atoms with E-state index in [1.54, 1.807) is 0 Å². The van der Waals surface area contributed by atoms with Crippen LogP contribution in [0.25, 0.3) is 22.3 Å². The number of nitrogens with zero attached hydrogens (tertiary/aromatic N) is 1. The van der Waals surface area contributed by atoms with Crippen LogP contribution in [0.2, 0.25) is 0 Å². The van der Waals surface area contributed by atoms with Gasteiger partial charge in [0.25, 0.3) is 0 Å². The second-order valence-electron chi connectivity index (χ2n) is 8.38. The lowest BCUT2D eigenvalue weighted by atomic mass is 9.71. The first-order valence-corrected chi connectivity index (χ1v) is 9.87. The highest BCUT2D eigenvalue weighted by Crippen LogP contribution is 2.39. The van der Waals surface area contributed by atoms with E-state index in [9.17, 15) is 5.26 Å². The van der Waals surface area contributed by atoms with Crippen molar-refractivity contribution >= 4 is 12.6 Å². The Hall–Kier alpha value is -2.87. The maximum atomic E-state index is 9.86. The molecule has 0 aromatic heterocycles. The number of hydrogen-bond acceptors (Lipinski definition) is 3. The molecule has 1 aliphatic heterocycles. The van der Waals surface area contributed by atoms with Gasteiger partial charge in [0.05, 0.1) is 22.8 Å². The molecule has 0 aliphatic carbocycles. The average Bonchev–Trinajstić information content (AvgIpc) is 2.95. The van der Waals surface area contributed by atoms with Crippen LogP contribution in [0, 0.1) is 11.3 Å². The fraction of sp³-hybridized carbons (Fsp3) is 0.240. The summed E-state index contributed by atoms with van der Waals surface area (Å²) in [6, 6.07) is 26.4. The van der Waals surface area contributed by atoms with E-state index in [0.717, 1.165) is 27.7 Å². The molecular formula is C25H24BNO2. The standard InChI is InChI=1S/C25H24BNO2/c1-24(2)25(3,4)29-26(28-24)21-16-15-20(17-27)22(18-11-7-5-8-12-18)23(21)19-13-9-6-10-14-19/h5-16H,1-4H3. The highest BCUT2D eigenvalue weighted by Gasteiger charge is 2.52. The maximum absolute atomic E-state index is 9.86. The normalized spacial score (nSPS) is 17.1. The SMILES string of the molecule is CC1(C)OB(c2ccc(C#N)c(-c3ccccc3)c2-c2ccccc2)OC1(C)C. The van der Waals surface area contributed by atoms with Crippen molar-refractivity contribution in [3.63, 3.8) is 0 Å². The lowest BCUT2D eigenvalue weighted by molar-refractivity contribution is 0.00578. The lowest BCUT2D eigenvalue weighted by Gasteiger charge is -2.32. The Morgan fingerprint density at radius 3 is 1.66 bits per heavy atom. The maximum Gasteiger partial charge on any atom is 0.495 e. The van der Waals surface area contributed by atoms with Gasteiger partial charge in [-0.25, -0.2) is 0 Å². The molecular weight excluding hydrogens is 357 g/mol. The van der Waals surface area contributed by atoms with Gasteiger partial charge in [-0.3, -0.25) is 0 Å². The molecule has 4 heteroatoms. The van der Waals surface area contributed by atoms with Gasteiger partial charge in [-0.05, 0) is 55.9 Å². The Balaban J connectivity index is 2.00. The van der Waals surface area contributed by atoms with E-state index in [1.165, 1.54) is 0 Å². The summed E-state index contributed by atoms with van der Waals surface area (Å²) >= 11 is 0. The number of hydrogen-bond donors (Lipinski definition) is 0. The van der Waals surface area contributed by atoms with Crippen LogP contribution in [0.1, 0.15) is 33.3 Å². The molecule has 0 radical (unpaired) electrons. The summed E-state index contributed by atoms with van der Waals surface area (Å²) in [6.45, 7) is 8.21. The zero-order chi connectivity index (χ0) is 20.6. The van der Waals surface area contributed by atoms with Gasteiger partial charge in [-0.15, -0.1) is 0 Å². The Bertz CT molecular complexity index is 1050. The van der Waals surface area contributed by atoms with E-state index in [-0.39, 0.29) is 0 Å². The molecule has 0 spiro atoms. The Labute approximate surface area is 173 Å². The van der Waals surface area contributed by atoms with Gasteiger partial charge >= 0.3 is 7.12 Å². The van der Waals surface area contributed by atoms with Crippen LogP contribution in [0.15, 0.2) is 72.8 Å². The van der Waals surface area contributed by atoms with Crippen LogP contribution in [0.4, 0.5) is 0 Å². The third-order valence-electron chi connectivity index (χ3n) is 5.99. The summed E-state index contributed by atoms with van der Waals surface area (Å²) in [5.41, 5.74) is 4.62. The molecule has 0 amide bonds. The van der Waals surface area contributed by atoms with E-state index >= 15 is 0 Å². The molecule has 4 rings (SSSR count). The molecule has 3 aromatic rings. The number of nitriles is 1. The predicted molar refractivity (Wildman–Crippen MR) is 118 cm³/mol. The van der Waals surface area contributed by atoms with Gasteiger partial charge in [0.2, 0.25) is 0 Å². The van der Waals surface area contributed by atoms with Gasteiger partial charge in [0.15, 0.2) is 0 Å². The fourth-order valence-corrected chi connectivity index (χ4v) is 3.70. The van der Waals surface area contributed by atoms with Crippen molar-refractivity contribution < 1.29 is 9.31 Å². The highest BCUT2D eigenvalue weighted by atomic mass is 16.7. The quantitative estimate of drug-likeness (QED) is 0.587. The minimum atomic E-state index is -0.509. The molecule has 0 N–H and O–H groups in total. The van der Waals surface area contributed by atoms with Crippen molar-refractivity contribution in [1.82, 2.24) is 0 Å². The zero-order valence-electron chi connectivity index (χ0n) is 17.3. The molecule has 1 fully saturated rings. The fourth-order valence-electron chi connectivity index (χ4n) is 3.70. The van der Waals surface area contributed by atoms with Crippen LogP contribution in [0.5, 0.6) is 0 Å². The van der Waals surface area contributed by atoms with E-state index in [4.69, 9.17) is 9.31 Å². The predicted octanol–water partition coefficient (Wildman–Crippen LogP) is 5.19. The summed E-state index contributed by atoms with van der Waals surface area (Å²) in [6.07, 6.45) is 0. The summed E-state index contributed by atoms with van der Waals surface area (Å²) in [5, 5.41) is 9.86. The first-order chi connectivity index (χ1) is 13.8. The molecule has 144 valence electrons. The van der Waals surface area contributed by atoms with Crippen LogP contribution in [0.3, 0.4) is 0 Å². The van der Waals surface area contributed by atoms with Crippen molar-refractivity contribution in [2.24, 2.45) is 0 Å². The molecule has 0 atom stereocenters. The second kappa shape index (κ2) is 7.19. The van der Waals surface area contributed by atoms with Crippen LogP contribution in [-0.4, -0.2) is 18.3 Å². The zero-order valence-corrected chi connectivity index (χ0v) is 17.3. The Kier molecular flexibility index (Phi) is 4.82. The van der Waals surface area contributed by atoms with Gasteiger partial charge < -0.3 is 9.31 Å². The average molecular weight is 381 g/mol. The minimum absolute atomic E-state index is 0.438. The van der Waals surface area contributed by atoms with Crippen LogP contribution >= 0.6 is 0 Å². The van der Waals surface area contributed by atoms with E-state index in [0.29, 0.717) is 5.56 Å². The van der Waals surface area contributed by atoms with Gasteiger partial charge in [0.1, 0.15) is 0 Å². The molecule has 29 heavy (non-hydrogen) atoms. The topological polar surface area (TPSA) is 42.2 Å². The first kappa shape index (κ1) is 19.5. The monoisotopic (exact) mass is 381 g/mol. The van der Waals surface area contributed by atoms with Gasteiger partial charge in [-0.1, -0.05) is 66.7 Å². The largest absolute Gasteiger partial charge is 0.495 e. The molecule has 3 aromatic carbocycles. The smallest absolute Gasteiger partial charge is 0.399 e. The molecule has 0 saturated carbocycles. The summed E-state index contributed by atoms with van der Waals surface area (Å²) in [7, 11) is -0.509.